The van der Waals surface area contributed by atoms with Crippen LogP contribution in [0, 0.1) is 5.92 Å². The molecule has 0 aromatic heterocycles. The van der Waals surface area contributed by atoms with E-state index in [-0.39, 0.29) is 24.3 Å². The van der Waals surface area contributed by atoms with Gasteiger partial charge in [0.2, 0.25) is 0 Å². The van der Waals surface area contributed by atoms with E-state index in [1.807, 2.05) is 13.8 Å². The highest BCUT2D eigenvalue weighted by atomic mass is 19.4. The zero-order chi connectivity index (χ0) is 13.9. The molecule has 1 aromatic rings. The molecule has 1 rings (SSSR count). The molecule has 0 saturated carbocycles. The van der Waals surface area contributed by atoms with Gasteiger partial charge in [0.1, 0.15) is 0 Å². The Morgan fingerprint density at radius 2 is 1.94 bits per heavy atom. The number of nitrogen functional groups attached to an aromatic ring is 1. The zero-order valence-corrected chi connectivity index (χ0v) is 10.3. The molecule has 0 bridgehead atoms. The summed E-state index contributed by atoms with van der Waals surface area (Å²) < 4.78 is 37.3. The van der Waals surface area contributed by atoms with E-state index in [9.17, 15) is 13.2 Å². The lowest BCUT2D eigenvalue weighted by atomic mass is 10.0. The van der Waals surface area contributed by atoms with Gasteiger partial charge in [0, 0.05) is 0 Å². The lowest BCUT2D eigenvalue weighted by Gasteiger charge is -2.22. The summed E-state index contributed by atoms with van der Waals surface area (Å²) in [6.07, 6.45) is -4.40. The second kappa shape index (κ2) is 5.48. The first kappa shape index (κ1) is 14.6. The number of nitrogens with two attached hydrogens (primary N) is 1. The summed E-state index contributed by atoms with van der Waals surface area (Å²) in [4.78, 5) is 0. The van der Waals surface area contributed by atoms with Gasteiger partial charge in [0.05, 0.1) is 29.6 Å². The molecule has 0 saturated heterocycles. The number of hydrogen-bond donors (Lipinski definition) is 3. The minimum atomic E-state index is -4.40. The quantitative estimate of drug-likeness (QED) is 0.731. The van der Waals surface area contributed by atoms with Crippen LogP contribution < -0.4 is 11.1 Å². The van der Waals surface area contributed by atoms with Gasteiger partial charge in [-0.05, 0) is 24.1 Å². The highest BCUT2D eigenvalue weighted by molar-refractivity contribution is 5.67. The van der Waals surface area contributed by atoms with Gasteiger partial charge in [-0.15, -0.1) is 0 Å². The van der Waals surface area contributed by atoms with E-state index in [1.165, 1.54) is 6.07 Å². The van der Waals surface area contributed by atoms with Gasteiger partial charge in [0.15, 0.2) is 0 Å². The fraction of sp³-hybridized carbons (Fsp3) is 0.500. The van der Waals surface area contributed by atoms with E-state index in [0.717, 1.165) is 12.1 Å². The Morgan fingerprint density at radius 3 is 2.33 bits per heavy atom. The van der Waals surface area contributed by atoms with Crippen LogP contribution in [-0.2, 0) is 6.18 Å². The van der Waals surface area contributed by atoms with Crippen molar-refractivity contribution in [2.75, 3.05) is 17.7 Å². The van der Waals surface area contributed by atoms with Gasteiger partial charge >= 0.3 is 6.18 Å². The Morgan fingerprint density at radius 1 is 1.33 bits per heavy atom. The SMILES string of the molecule is CC(C)[C@@H](CO)Nc1ccc(C(F)(F)F)cc1N. The van der Waals surface area contributed by atoms with Gasteiger partial charge in [-0.2, -0.15) is 13.2 Å². The van der Waals surface area contributed by atoms with Crippen molar-refractivity contribution in [2.45, 2.75) is 26.1 Å². The molecular weight excluding hydrogens is 245 g/mol. The summed E-state index contributed by atoms with van der Waals surface area (Å²) in [5.74, 6) is 0.136. The molecule has 0 fully saturated rings. The van der Waals surface area contributed by atoms with Crippen LogP contribution in [0.3, 0.4) is 0 Å². The minimum absolute atomic E-state index is 0.0175. The predicted octanol–water partition coefficient (Wildman–Crippen LogP) is 2.72. The van der Waals surface area contributed by atoms with Crippen LogP contribution in [0.1, 0.15) is 19.4 Å². The number of aliphatic hydroxyl groups is 1. The second-order valence-corrected chi connectivity index (χ2v) is 4.48. The van der Waals surface area contributed by atoms with E-state index >= 15 is 0 Å². The van der Waals surface area contributed by atoms with Crippen LogP contribution in [0.2, 0.25) is 0 Å². The van der Waals surface area contributed by atoms with Crippen molar-refractivity contribution in [1.82, 2.24) is 0 Å². The Hall–Kier alpha value is -1.43. The van der Waals surface area contributed by atoms with E-state index in [4.69, 9.17) is 10.8 Å². The van der Waals surface area contributed by atoms with Crippen LogP contribution in [-0.4, -0.2) is 17.8 Å². The van der Waals surface area contributed by atoms with Crippen molar-refractivity contribution < 1.29 is 18.3 Å². The monoisotopic (exact) mass is 262 g/mol. The first-order valence-corrected chi connectivity index (χ1v) is 5.59. The van der Waals surface area contributed by atoms with Crippen LogP contribution in [0.4, 0.5) is 24.5 Å². The van der Waals surface area contributed by atoms with E-state index in [2.05, 4.69) is 5.32 Å². The molecule has 6 heteroatoms. The molecule has 0 radical (unpaired) electrons. The molecule has 0 amide bonds. The van der Waals surface area contributed by atoms with Crippen molar-refractivity contribution in [3.63, 3.8) is 0 Å². The molecule has 3 nitrogen and oxygen atoms in total. The Kier molecular flexibility index (Phi) is 4.45. The number of halogens is 3. The summed E-state index contributed by atoms with van der Waals surface area (Å²) in [6.45, 7) is 3.68. The normalized spacial score (nSPS) is 13.7. The zero-order valence-electron chi connectivity index (χ0n) is 10.3. The van der Waals surface area contributed by atoms with Crippen molar-refractivity contribution in [3.8, 4) is 0 Å². The molecule has 0 heterocycles. The van der Waals surface area contributed by atoms with Crippen LogP contribution >= 0.6 is 0 Å². The minimum Gasteiger partial charge on any atom is -0.397 e. The molecule has 0 unspecified atom stereocenters. The maximum absolute atomic E-state index is 12.4. The first-order chi connectivity index (χ1) is 8.25. The van der Waals surface area contributed by atoms with E-state index in [0.29, 0.717) is 5.69 Å². The summed E-state index contributed by atoms with van der Waals surface area (Å²) >= 11 is 0. The van der Waals surface area contributed by atoms with Crippen LogP contribution in [0.25, 0.3) is 0 Å². The number of hydrogen-bond acceptors (Lipinski definition) is 3. The highest BCUT2D eigenvalue weighted by Gasteiger charge is 2.30. The maximum atomic E-state index is 12.4. The van der Waals surface area contributed by atoms with Crippen molar-refractivity contribution in [1.29, 1.82) is 0 Å². The van der Waals surface area contributed by atoms with Gasteiger partial charge < -0.3 is 16.2 Å². The number of benzene rings is 1. The van der Waals surface area contributed by atoms with Gasteiger partial charge in [-0.3, -0.25) is 0 Å². The molecule has 0 spiro atoms. The van der Waals surface area contributed by atoms with Crippen LogP contribution in [0.5, 0.6) is 0 Å². The predicted molar refractivity (Wildman–Crippen MR) is 65.2 cm³/mol. The van der Waals surface area contributed by atoms with E-state index in [1.54, 1.807) is 0 Å². The summed E-state index contributed by atoms with van der Waals surface area (Å²) in [7, 11) is 0. The smallest absolute Gasteiger partial charge is 0.397 e. The number of rotatable bonds is 4. The average Bonchev–Trinajstić information content (AvgIpc) is 2.25. The van der Waals surface area contributed by atoms with E-state index < -0.39 is 11.7 Å². The third kappa shape index (κ3) is 3.53. The molecular formula is C12H17F3N2O. The Labute approximate surface area is 104 Å². The summed E-state index contributed by atoms with van der Waals surface area (Å²) in [5, 5.41) is 12.1. The lowest BCUT2D eigenvalue weighted by molar-refractivity contribution is -0.137. The molecule has 4 N–H and O–H groups in total. The van der Waals surface area contributed by atoms with Crippen LogP contribution in [0.15, 0.2) is 18.2 Å². The summed E-state index contributed by atoms with van der Waals surface area (Å²) in [6, 6.07) is 2.89. The Balaban J connectivity index is 2.93. The second-order valence-electron chi connectivity index (χ2n) is 4.48. The molecule has 1 atom stereocenters. The largest absolute Gasteiger partial charge is 0.416 e. The van der Waals surface area contributed by atoms with Gasteiger partial charge in [-0.25, -0.2) is 0 Å². The number of alkyl halides is 3. The highest BCUT2D eigenvalue weighted by Crippen LogP contribution is 2.33. The molecule has 0 aliphatic heterocycles. The number of anilines is 2. The average molecular weight is 262 g/mol. The lowest BCUT2D eigenvalue weighted by Crippen LogP contribution is -2.29. The van der Waals surface area contributed by atoms with Crippen molar-refractivity contribution in [3.05, 3.63) is 23.8 Å². The number of aliphatic hydroxyl groups excluding tert-OH is 1. The Bertz CT molecular complexity index is 405. The fourth-order valence-electron chi connectivity index (χ4n) is 1.49. The molecule has 1 aromatic carbocycles. The molecule has 18 heavy (non-hydrogen) atoms. The third-order valence-corrected chi connectivity index (χ3v) is 2.72. The first-order valence-electron chi connectivity index (χ1n) is 5.59. The van der Waals surface area contributed by atoms with Gasteiger partial charge in [-0.1, -0.05) is 13.8 Å². The molecule has 102 valence electrons. The van der Waals surface area contributed by atoms with Crippen molar-refractivity contribution >= 4 is 11.4 Å². The topological polar surface area (TPSA) is 58.3 Å². The maximum Gasteiger partial charge on any atom is 0.416 e. The number of nitrogens with one attached hydrogen (secondary N) is 1. The van der Waals surface area contributed by atoms with Crippen molar-refractivity contribution in [2.24, 2.45) is 5.92 Å². The van der Waals surface area contributed by atoms with Gasteiger partial charge in [0.25, 0.3) is 0 Å². The molecule has 0 aliphatic carbocycles. The molecule has 0 aliphatic rings. The standard InChI is InChI=1S/C12H17F3N2O/c1-7(2)11(6-18)17-10-4-3-8(5-9(10)16)12(13,14)15/h3-5,7,11,17-18H,6,16H2,1-2H3/t11-/m1/s1. The summed E-state index contributed by atoms with van der Waals surface area (Å²) in [5.41, 5.74) is 5.21. The third-order valence-electron chi connectivity index (χ3n) is 2.72. The fourth-order valence-corrected chi connectivity index (χ4v) is 1.49.